The van der Waals surface area contributed by atoms with Gasteiger partial charge in [-0.25, -0.2) is 0 Å². The second-order valence-electron chi connectivity index (χ2n) is 3.58. The van der Waals surface area contributed by atoms with Gasteiger partial charge in [0, 0.05) is 13.7 Å². The Hall–Kier alpha value is -1.63. The average Bonchev–Trinajstić information content (AvgIpc) is 2.32. The highest BCUT2D eigenvalue weighted by molar-refractivity contribution is 5.32. The fourth-order valence-electron chi connectivity index (χ4n) is 1.03. The number of methoxy groups -OCH3 is 1. The topological polar surface area (TPSA) is 95.2 Å². The van der Waals surface area contributed by atoms with Crippen molar-refractivity contribution in [2.45, 2.75) is 26.4 Å². The molecule has 0 bridgehead atoms. The van der Waals surface area contributed by atoms with Crippen molar-refractivity contribution < 1.29 is 9.47 Å². The van der Waals surface area contributed by atoms with E-state index in [1.165, 1.54) is 0 Å². The zero-order valence-electron chi connectivity index (χ0n) is 10.4. The second kappa shape index (κ2) is 6.85. The number of hydrogen-bond donors (Lipinski definition) is 2. The molecule has 96 valence electrons. The van der Waals surface area contributed by atoms with Crippen LogP contribution in [0.5, 0.6) is 6.01 Å². The molecule has 1 heterocycles. The van der Waals surface area contributed by atoms with Crippen LogP contribution < -0.4 is 15.8 Å². The first-order valence-corrected chi connectivity index (χ1v) is 5.56. The lowest BCUT2D eigenvalue weighted by Gasteiger charge is -2.11. The predicted octanol–water partition coefficient (Wildman–Crippen LogP) is 0.689. The number of nitrogen functional groups attached to an aromatic ring is 1. The maximum atomic E-state index is 5.56. The molecule has 0 aliphatic carbocycles. The van der Waals surface area contributed by atoms with Crippen molar-refractivity contribution in [2.75, 3.05) is 31.3 Å². The molecular weight excluding hydrogens is 222 g/mol. The molecule has 3 N–H and O–H groups in total. The summed E-state index contributed by atoms with van der Waals surface area (Å²) in [6.07, 6.45) is 0.947. The monoisotopic (exact) mass is 241 g/mol. The molecule has 1 aromatic heterocycles. The molecule has 0 aliphatic heterocycles. The third-order valence-corrected chi connectivity index (χ3v) is 2.02. The molecule has 0 spiro atoms. The summed E-state index contributed by atoms with van der Waals surface area (Å²) in [6, 6.07) is 0.243. The van der Waals surface area contributed by atoms with Gasteiger partial charge in [0.15, 0.2) is 0 Å². The van der Waals surface area contributed by atoms with E-state index < -0.39 is 0 Å². The van der Waals surface area contributed by atoms with Crippen LogP contribution in [-0.2, 0) is 4.74 Å². The summed E-state index contributed by atoms with van der Waals surface area (Å²) in [4.78, 5) is 11.9. The highest BCUT2D eigenvalue weighted by Crippen LogP contribution is 2.09. The normalized spacial score (nSPS) is 12.2. The number of hydrogen-bond acceptors (Lipinski definition) is 7. The van der Waals surface area contributed by atoms with Crippen molar-refractivity contribution in [2.24, 2.45) is 0 Å². The summed E-state index contributed by atoms with van der Waals surface area (Å²) in [5, 5.41) is 3.01. The number of nitrogens with zero attached hydrogens (tertiary/aromatic N) is 3. The van der Waals surface area contributed by atoms with Gasteiger partial charge in [0.25, 0.3) is 0 Å². The van der Waals surface area contributed by atoms with Crippen LogP contribution in [0.4, 0.5) is 11.9 Å². The van der Waals surface area contributed by atoms with Gasteiger partial charge in [-0.3, -0.25) is 0 Å². The summed E-state index contributed by atoms with van der Waals surface area (Å²) < 4.78 is 10.4. The number of ether oxygens (including phenoxy) is 2. The molecular formula is C10H19N5O2. The van der Waals surface area contributed by atoms with Crippen molar-refractivity contribution in [1.29, 1.82) is 0 Å². The Bertz CT molecular complexity index is 347. The molecule has 0 amide bonds. The first-order chi connectivity index (χ1) is 8.15. The number of anilines is 2. The quantitative estimate of drug-likeness (QED) is 0.725. The third-order valence-electron chi connectivity index (χ3n) is 2.02. The summed E-state index contributed by atoms with van der Waals surface area (Å²) >= 11 is 0. The zero-order valence-corrected chi connectivity index (χ0v) is 10.4. The van der Waals surface area contributed by atoms with Crippen molar-refractivity contribution in [1.82, 2.24) is 15.0 Å². The van der Waals surface area contributed by atoms with Gasteiger partial charge in [0.2, 0.25) is 11.9 Å². The van der Waals surface area contributed by atoms with E-state index in [0.29, 0.717) is 19.1 Å². The largest absolute Gasteiger partial charge is 0.463 e. The summed E-state index contributed by atoms with van der Waals surface area (Å²) in [7, 11) is 1.64. The molecule has 7 nitrogen and oxygen atoms in total. The highest BCUT2D eigenvalue weighted by atomic mass is 16.5. The van der Waals surface area contributed by atoms with Crippen LogP contribution in [0.2, 0.25) is 0 Å². The molecule has 0 saturated carbocycles. The standard InChI is InChI=1S/C10H19N5O2/c1-4-5-17-10-14-8(11)13-9(15-10)12-6-7(2)16-3/h7H,4-6H2,1-3H3,(H3,11,12,13,14,15). The van der Waals surface area contributed by atoms with Crippen LogP contribution in [0.3, 0.4) is 0 Å². The molecule has 1 rings (SSSR count). The highest BCUT2D eigenvalue weighted by Gasteiger charge is 2.06. The molecule has 7 heteroatoms. The van der Waals surface area contributed by atoms with E-state index in [4.69, 9.17) is 15.2 Å². The van der Waals surface area contributed by atoms with Gasteiger partial charge in [-0.2, -0.15) is 15.0 Å². The first kappa shape index (κ1) is 13.4. The summed E-state index contributed by atoms with van der Waals surface area (Å²) in [6.45, 7) is 5.08. The Morgan fingerprint density at radius 1 is 1.35 bits per heavy atom. The fourth-order valence-corrected chi connectivity index (χ4v) is 1.03. The van der Waals surface area contributed by atoms with Gasteiger partial charge in [-0.15, -0.1) is 0 Å². The van der Waals surface area contributed by atoms with Crippen molar-refractivity contribution >= 4 is 11.9 Å². The maximum Gasteiger partial charge on any atom is 0.323 e. The molecule has 0 aromatic carbocycles. The van der Waals surface area contributed by atoms with Crippen LogP contribution in [0.25, 0.3) is 0 Å². The number of nitrogens with two attached hydrogens (primary N) is 1. The predicted molar refractivity (Wildman–Crippen MR) is 65.0 cm³/mol. The lowest BCUT2D eigenvalue weighted by Crippen LogP contribution is -2.20. The molecule has 0 aliphatic rings. The Morgan fingerprint density at radius 3 is 2.76 bits per heavy atom. The third kappa shape index (κ3) is 4.81. The number of nitrogens with one attached hydrogen (secondary N) is 1. The number of rotatable bonds is 7. The van der Waals surface area contributed by atoms with Gasteiger partial charge in [-0.1, -0.05) is 6.92 Å². The Morgan fingerprint density at radius 2 is 2.12 bits per heavy atom. The lowest BCUT2D eigenvalue weighted by atomic mass is 10.4. The van der Waals surface area contributed by atoms with Gasteiger partial charge in [-0.05, 0) is 13.3 Å². The van der Waals surface area contributed by atoms with Crippen LogP contribution in [-0.4, -0.2) is 41.3 Å². The summed E-state index contributed by atoms with van der Waals surface area (Å²) in [5.74, 6) is 0.533. The Labute approximate surface area is 101 Å². The van der Waals surface area contributed by atoms with E-state index in [2.05, 4.69) is 20.3 Å². The zero-order chi connectivity index (χ0) is 12.7. The lowest BCUT2D eigenvalue weighted by molar-refractivity contribution is 0.128. The minimum atomic E-state index is 0.0630. The summed E-state index contributed by atoms with van der Waals surface area (Å²) in [5.41, 5.74) is 5.56. The minimum Gasteiger partial charge on any atom is -0.463 e. The van der Waals surface area contributed by atoms with Crippen LogP contribution in [0.15, 0.2) is 0 Å². The van der Waals surface area contributed by atoms with E-state index in [0.717, 1.165) is 6.42 Å². The van der Waals surface area contributed by atoms with E-state index in [1.807, 2.05) is 13.8 Å². The van der Waals surface area contributed by atoms with Gasteiger partial charge in [0.1, 0.15) is 0 Å². The van der Waals surface area contributed by atoms with Gasteiger partial charge < -0.3 is 20.5 Å². The van der Waals surface area contributed by atoms with Gasteiger partial charge in [0.05, 0.1) is 12.7 Å². The van der Waals surface area contributed by atoms with Crippen LogP contribution in [0.1, 0.15) is 20.3 Å². The fraction of sp³-hybridized carbons (Fsp3) is 0.700. The molecule has 0 fully saturated rings. The van der Waals surface area contributed by atoms with Crippen molar-refractivity contribution in [3.05, 3.63) is 0 Å². The van der Waals surface area contributed by atoms with E-state index in [9.17, 15) is 0 Å². The minimum absolute atomic E-state index is 0.0630. The number of aromatic nitrogens is 3. The molecule has 1 aromatic rings. The molecule has 1 atom stereocenters. The van der Waals surface area contributed by atoms with E-state index in [1.54, 1.807) is 7.11 Å². The smallest absolute Gasteiger partial charge is 0.323 e. The van der Waals surface area contributed by atoms with Crippen molar-refractivity contribution in [3.63, 3.8) is 0 Å². The second-order valence-corrected chi connectivity index (χ2v) is 3.58. The Kier molecular flexibility index (Phi) is 5.41. The van der Waals surface area contributed by atoms with Gasteiger partial charge >= 0.3 is 6.01 Å². The average molecular weight is 241 g/mol. The Balaban J connectivity index is 2.61. The molecule has 0 saturated heterocycles. The first-order valence-electron chi connectivity index (χ1n) is 5.56. The molecule has 17 heavy (non-hydrogen) atoms. The maximum absolute atomic E-state index is 5.56. The SMILES string of the molecule is CCCOc1nc(N)nc(NCC(C)OC)n1. The molecule has 0 radical (unpaired) electrons. The molecule has 1 unspecified atom stereocenters. The van der Waals surface area contributed by atoms with Crippen LogP contribution in [0, 0.1) is 0 Å². The van der Waals surface area contributed by atoms with Crippen molar-refractivity contribution in [3.8, 4) is 6.01 Å². The van der Waals surface area contributed by atoms with E-state index in [-0.39, 0.29) is 18.1 Å². The van der Waals surface area contributed by atoms with E-state index >= 15 is 0 Å². The van der Waals surface area contributed by atoms with Crippen LogP contribution >= 0.6 is 0 Å².